The van der Waals surface area contributed by atoms with E-state index in [-0.39, 0.29) is 10.6 Å². The van der Waals surface area contributed by atoms with Gasteiger partial charge in [0.05, 0.1) is 22.3 Å². The van der Waals surface area contributed by atoms with Crippen LogP contribution in [-0.2, 0) is 10.0 Å². The van der Waals surface area contributed by atoms with Crippen LogP contribution < -0.4 is 16.2 Å². The lowest BCUT2D eigenvalue weighted by atomic mass is 10.00. The highest BCUT2D eigenvalue weighted by molar-refractivity contribution is 7.89. The van der Waals surface area contributed by atoms with Gasteiger partial charge in [-0.25, -0.2) is 8.42 Å². The van der Waals surface area contributed by atoms with Gasteiger partial charge in [-0.3, -0.25) is 0 Å². The van der Waals surface area contributed by atoms with Gasteiger partial charge in [-0.1, -0.05) is 60.7 Å². The Labute approximate surface area is 147 Å². The van der Waals surface area contributed by atoms with Crippen LogP contribution in [-0.4, -0.2) is 8.42 Å². The summed E-state index contributed by atoms with van der Waals surface area (Å²) in [4.78, 5) is 0.0797. The molecule has 5 nitrogen and oxygen atoms in total. The van der Waals surface area contributed by atoms with Crippen molar-refractivity contribution in [1.82, 2.24) is 4.72 Å². The molecular formula is C19H19N3O2S. The Bertz CT molecular complexity index is 919. The lowest BCUT2D eigenvalue weighted by molar-refractivity contribution is 0.572. The molecular weight excluding hydrogens is 334 g/mol. The fourth-order valence-corrected chi connectivity index (χ4v) is 3.81. The van der Waals surface area contributed by atoms with Gasteiger partial charge in [0.25, 0.3) is 0 Å². The molecule has 0 amide bonds. The number of nitrogen functional groups attached to an aromatic ring is 2. The highest BCUT2D eigenvalue weighted by atomic mass is 32.2. The number of hydrogen-bond donors (Lipinski definition) is 3. The van der Waals surface area contributed by atoms with Crippen molar-refractivity contribution in [3.05, 3.63) is 90.0 Å². The summed E-state index contributed by atoms with van der Waals surface area (Å²) < 4.78 is 28.5. The zero-order valence-electron chi connectivity index (χ0n) is 13.5. The molecule has 0 aromatic heterocycles. The van der Waals surface area contributed by atoms with Gasteiger partial charge in [0, 0.05) is 0 Å². The fourth-order valence-electron chi connectivity index (χ4n) is 2.56. The Hall–Kier alpha value is -2.83. The Morgan fingerprint density at radius 2 is 1.24 bits per heavy atom. The average molecular weight is 353 g/mol. The van der Waals surface area contributed by atoms with E-state index in [4.69, 9.17) is 11.5 Å². The van der Waals surface area contributed by atoms with E-state index in [0.29, 0.717) is 5.69 Å². The highest BCUT2D eigenvalue weighted by Gasteiger charge is 2.23. The van der Waals surface area contributed by atoms with Crippen LogP contribution in [0.5, 0.6) is 0 Å². The van der Waals surface area contributed by atoms with Gasteiger partial charge in [0.15, 0.2) is 0 Å². The van der Waals surface area contributed by atoms with E-state index in [2.05, 4.69) is 4.72 Å². The topological polar surface area (TPSA) is 98.2 Å². The molecule has 25 heavy (non-hydrogen) atoms. The maximum Gasteiger partial charge on any atom is 0.241 e. The van der Waals surface area contributed by atoms with Crippen LogP contribution >= 0.6 is 0 Å². The van der Waals surface area contributed by atoms with Gasteiger partial charge in [-0.15, -0.1) is 0 Å². The predicted molar refractivity (Wildman–Crippen MR) is 100 cm³/mol. The number of anilines is 2. The highest BCUT2D eigenvalue weighted by Crippen LogP contribution is 2.26. The molecule has 128 valence electrons. The first-order chi connectivity index (χ1) is 12.0. The quantitative estimate of drug-likeness (QED) is 0.614. The average Bonchev–Trinajstić information content (AvgIpc) is 2.63. The third-order valence-electron chi connectivity index (χ3n) is 3.91. The minimum absolute atomic E-state index is 0.0797. The van der Waals surface area contributed by atoms with Crippen molar-refractivity contribution >= 4 is 21.4 Å². The largest absolute Gasteiger partial charge is 0.397 e. The minimum atomic E-state index is -3.78. The van der Waals surface area contributed by atoms with Crippen molar-refractivity contribution in [1.29, 1.82) is 0 Å². The Morgan fingerprint density at radius 3 is 1.72 bits per heavy atom. The van der Waals surface area contributed by atoms with E-state index in [1.165, 1.54) is 18.2 Å². The van der Waals surface area contributed by atoms with Crippen molar-refractivity contribution in [2.24, 2.45) is 0 Å². The third kappa shape index (κ3) is 3.81. The molecule has 6 heteroatoms. The second kappa shape index (κ2) is 6.96. The summed E-state index contributed by atoms with van der Waals surface area (Å²) in [6.07, 6.45) is 0. The molecule has 3 rings (SSSR count). The van der Waals surface area contributed by atoms with Crippen LogP contribution in [0.25, 0.3) is 0 Å². The number of rotatable bonds is 5. The zero-order valence-corrected chi connectivity index (χ0v) is 14.3. The van der Waals surface area contributed by atoms with E-state index in [1.54, 1.807) is 0 Å². The molecule has 3 aromatic rings. The normalized spacial score (nSPS) is 11.6. The molecule has 0 atom stereocenters. The standard InChI is InChI=1S/C19H19N3O2S/c20-17-12-11-16(13-18(17)21)25(23,24)22-19(14-7-3-1-4-8-14)15-9-5-2-6-10-15/h1-13,19,22H,20-21H2. The zero-order chi connectivity index (χ0) is 17.9. The summed E-state index contributed by atoms with van der Waals surface area (Å²) in [7, 11) is -3.78. The Balaban J connectivity index is 2.01. The first-order valence-electron chi connectivity index (χ1n) is 7.74. The van der Waals surface area contributed by atoms with Crippen LogP contribution in [0, 0.1) is 0 Å². The maximum atomic E-state index is 12.8. The lowest BCUT2D eigenvalue weighted by Crippen LogP contribution is -2.29. The smallest absolute Gasteiger partial charge is 0.241 e. The third-order valence-corrected chi connectivity index (χ3v) is 5.33. The van der Waals surface area contributed by atoms with Crippen molar-refractivity contribution in [3.8, 4) is 0 Å². The van der Waals surface area contributed by atoms with E-state index >= 15 is 0 Å². The molecule has 0 spiro atoms. The van der Waals surface area contributed by atoms with E-state index in [9.17, 15) is 8.42 Å². The van der Waals surface area contributed by atoms with Crippen LogP contribution in [0.4, 0.5) is 11.4 Å². The van der Waals surface area contributed by atoms with Gasteiger partial charge in [-0.05, 0) is 29.3 Å². The maximum absolute atomic E-state index is 12.8. The summed E-state index contributed by atoms with van der Waals surface area (Å²) >= 11 is 0. The van der Waals surface area contributed by atoms with Crippen LogP contribution in [0.15, 0.2) is 83.8 Å². The van der Waals surface area contributed by atoms with Gasteiger partial charge in [-0.2, -0.15) is 4.72 Å². The monoisotopic (exact) mass is 353 g/mol. The number of nitrogens with one attached hydrogen (secondary N) is 1. The van der Waals surface area contributed by atoms with Gasteiger partial charge in [0.1, 0.15) is 0 Å². The van der Waals surface area contributed by atoms with Gasteiger partial charge >= 0.3 is 0 Å². The van der Waals surface area contributed by atoms with Crippen molar-refractivity contribution in [3.63, 3.8) is 0 Å². The van der Waals surface area contributed by atoms with Crippen molar-refractivity contribution < 1.29 is 8.42 Å². The van der Waals surface area contributed by atoms with Crippen molar-refractivity contribution in [2.45, 2.75) is 10.9 Å². The molecule has 0 bridgehead atoms. The summed E-state index contributed by atoms with van der Waals surface area (Å²) in [6.45, 7) is 0. The van der Waals surface area contributed by atoms with Crippen LogP contribution in [0.2, 0.25) is 0 Å². The number of sulfonamides is 1. The lowest BCUT2D eigenvalue weighted by Gasteiger charge is -2.20. The fraction of sp³-hybridized carbons (Fsp3) is 0.0526. The summed E-state index contributed by atoms with van der Waals surface area (Å²) in [5, 5.41) is 0. The molecule has 5 N–H and O–H groups in total. The second-order valence-electron chi connectivity index (χ2n) is 5.67. The number of benzene rings is 3. The van der Waals surface area contributed by atoms with Gasteiger partial charge < -0.3 is 11.5 Å². The van der Waals surface area contributed by atoms with E-state index in [1.807, 2.05) is 60.7 Å². The first kappa shape index (κ1) is 17.0. The minimum Gasteiger partial charge on any atom is -0.397 e. The SMILES string of the molecule is Nc1ccc(S(=O)(=O)NC(c2ccccc2)c2ccccc2)cc1N. The molecule has 3 aromatic carbocycles. The molecule has 0 aliphatic heterocycles. The van der Waals surface area contributed by atoms with Crippen molar-refractivity contribution in [2.75, 3.05) is 11.5 Å². The molecule has 0 aliphatic rings. The molecule has 0 fully saturated rings. The first-order valence-corrected chi connectivity index (χ1v) is 9.23. The van der Waals surface area contributed by atoms with Crippen LogP contribution in [0.3, 0.4) is 0 Å². The second-order valence-corrected chi connectivity index (χ2v) is 7.38. The Morgan fingerprint density at radius 1 is 0.720 bits per heavy atom. The molecule has 0 radical (unpaired) electrons. The summed E-state index contributed by atoms with van der Waals surface area (Å²) in [5.74, 6) is 0. The molecule has 0 saturated carbocycles. The molecule has 0 heterocycles. The van der Waals surface area contributed by atoms with E-state index in [0.717, 1.165) is 11.1 Å². The van der Waals surface area contributed by atoms with Crippen LogP contribution in [0.1, 0.15) is 17.2 Å². The summed E-state index contributed by atoms with van der Waals surface area (Å²) in [5.41, 5.74) is 13.7. The number of hydrogen-bond acceptors (Lipinski definition) is 4. The summed E-state index contributed by atoms with van der Waals surface area (Å²) in [6, 6.07) is 22.6. The molecule has 0 aliphatic carbocycles. The predicted octanol–water partition coefficient (Wildman–Crippen LogP) is 2.92. The number of nitrogens with two attached hydrogens (primary N) is 2. The Kier molecular flexibility index (Phi) is 4.74. The van der Waals surface area contributed by atoms with E-state index < -0.39 is 16.1 Å². The molecule has 0 saturated heterocycles. The molecule has 0 unspecified atom stereocenters. The van der Waals surface area contributed by atoms with Gasteiger partial charge in [0.2, 0.25) is 10.0 Å².